The number of hydrogen-bond acceptors (Lipinski definition) is 5. The molecule has 0 atom stereocenters. The van der Waals surface area contributed by atoms with Gasteiger partial charge in [0.2, 0.25) is 5.91 Å². The maximum atomic E-state index is 12.1. The fourth-order valence-electron chi connectivity index (χ4n) is 3.89. The lowest BCUT2D eigenvalue weighted by Crippen LogP contribution is -2.30. The SMILES string of the molecule is O=C(CCCc1ccccc1)NCCn1ncc2c(N3CCCCC3)ncnc21. The number of rotatable bonds is 8. The molecule has 2 aromatic heterocycles. The van der Waals surface area contributed by atoms with Crippen LogP contribution >= 0.6 is 0 Å². The van der Waals surface area contributed by atoms with E-state index in [1.165, 1.54) is 24.8 Å². The average Bonchev–Trinajstić information content (AvgIpc) is 3.18. The summed E-state index contributed by atoms with van der Waals surface area (Å²) in [4.78, 5) is 23.4. The fourth-order valence-corrected chi connectivity index (χ4v) is 3.89. The number of fused-ring (bicyclic) bond motifs is 1. The van der Waals surface area contributed by atoms with E-state index in [9.17, 15) is 4.79 Å². The number of piperidine rings is 1. The van der Waals surface area contributed by atoms with Crippen molar-refractivity contribution in [3.05, 3.63) is 48.4 Å². The Morgan fingerprint density at radius 2 is 1.90 bits per heavy atom. The first kappa shape index (κ1) is 19.4. The number of hydrogen-bond donors (Lipinski definition) is 1. The number of benzene rings is 1. The van der Waals surface area contributed by atoms with Gasteiger partial charge in [-0.25, -0.2) is 14.6 Å². The molecule has 1 amide bonds. The normalized spacial score (nSPS) is 14.3. The summed E-state index contributed by atoms with van der Waals surface area (Å²) in [6, 6.07) is 10.3. The van der Waals surface area contributed by atoms with Crippen LogP contribution in [-0.4, -0.2) is 45.3 Å². The molecule has 152 valence electrons. The van der Waals surface area contributed by atoms with Crippen molar-refractivity contribution < 1.29 is 4.79 Å². The van der Waals surface area contributed by atoms with Crippen LogP contribution in [0.15, 0.2) is 42.9 Å². The van der Waals surface area contributed by atoms with Crippen molar-refractivity contribution in [2.75, 3.05) is 24.5 Å². The van der Waals surface area contributed by atoms with E-state index in [2.05, 4.69) is 37.4 Å². The van der Waals surface area contributed by atoms with Crippen molar-refractivity contribution in [3.63, 3.8) is 0 Å². The molecule has 0 unspecified atom stereocenters. The summed E-state index contributed by atoms with van der Waals surface area (Å²) in [6.07, 6.45) is 9.48. The van der Waals surface area contributed by atoms with Crippen LogP contribution in [0.2, 0.25) is 0 Å². The molecular formula is C22H28N6O. The summed E-state index contributed by atoms with van der Waals surface area (Å²) in [5.41, 5.74) is 2.10. The van der Waals surface area contributed by atoms with E-state index in [4.69, 9.17) is 0 Å². The van der Waals surface area contributed by atoms with Crippen LogP contribution in [0, 0.1) is 0 Å². The molecule has 7 heteroatoms. The van der Waals surface area contributed by atoms with Crippen LogP contribution in [0.1, 0.15) is 37.7 Å². The van der Waals surface area contributed by atoms with Gasteiger partial charge in [0.1, 0.15) is 12.1 Å². The van der Waals surface area contributed by atoms with Crippen molar-refractivity contribution in [1.29, 1.82) is 0 Å². The van der Waals surface area contributed by atoms with E-state index in [1.54, 1.807) is 6.33 Å². The van der Waals surface area contributed by atoms with Gasteiger partial charge in [-0.3, -0.25) is 4.79 Å². The van der Waals surface area contributed by atoms with Gasteiger partial charge in [-0.05, 0) is 37.7 Å². The van der Waals surface area contributed by atoms with Crippen LogP contribution in [0.4, 0.5) is 5.82 Å². The number of anilines is 1. The topological polar surface area (TPSA) is 75.9 Å². The molecule has 7 nitrogen and oxygen atoms in total. The van der Waals surface area contributed by atoms with Gasteiger partial charge >= 0.3 is 0 Å². The van der Waals surface area contributed by atoms with Crippen molar-refractivity contribution >= 4 is 22.8 Å². The largest absolute Gasteiger partial charge is 0.356 e. The number of nitrogens with one attached hydrogen (secondary N) is 1. The second-order valence-corrected chi connectivity index (χ2v) is 7.54. The highest BCUT2D eigenvalue weighted by atomic mass is 16.1. The minimum absolute atomic E-state index is 0.0843. The first-order valence-electron chi connectivity index (χ1n) is 10.5. The molecule has 0 saturated carbocycles. The summed E-state index contributed by atoms with van der Waals surface area (Å²) in [5, 5.41) is 8.47. The highest BCUT2D eigenvalue weighted by Gasteiger charge is 2.17. The Kier molecular flexibility index (Phi) is 6.34. The number of carbonyl (C=O) groups excluding carboxylic acids is 1. The van der Waals surface area contributed by atoms with Crippen LogP contribution in [0.25, 0.3) is 11.0 Å². The number of amides is 1. The van der Waals surface area contributed by atoms with Gasteiger partial charge in [-0.1, -0.05) is 30.3 Å². The molecule has 1 N–H and O–H groups in total. The van der Waals surface area contributed by atoms with Gasteiger partial charge in [0, 0.05) is 26.1 Å². The fraction of sp³-hybridized carbons (Fsp3) is 0.455. The Morgan fingerprint density at radius 3 is 2.72 bits per heavy atom. The Labute approximate surface area is 171 Å². The quantitative estimate of drug-likeness (QED) is 0.638. The highest BCUT2D eigenvalue weighted by molar-refractivity contribution is 5.86. The molecule has 3 aromatic rings. The van der Waals surface area contributed by atoms with Crippen LogP contribution in [-0.2, 0) is 17.8 Å². The molecule has 0 spiro atoms. The minimum Gasteiger partial charge on any atom is -0.356 e. The van der Waals surface area contributed by atoms with E-state index in [0.29, 0.717) is 19.5 Å². The van der Waals surface area contributed by atoms with E-state index >= 15 is 0 Å². The van der Waals surface area contributed by atoms with E-state index in [0.717, 1.165) is 42.8 Å². The molecule has 29 heavy (non-hydrogen) atoms. The van der Waals surface area contributed by atoms with Crippen molar-refractivity contribution in [1.82, 2.24) is 25.1 Å². The number of nitrogens with zero attached hydrogens (tertiary/aromatic N) is 5. The maximum Gasteiger partial charge on any atom is 0.220 e. The zero-order valence-electron chi connectivity index (χ0n) is 16.8. The summed E-state index contributed by atoms with van der Waals surface area (Å²) in [5.74, 6) is 1.06. The van der Waals surface area contributed by atoms with Crippen molar-refractivity contribution in [2.45, 2.75) is 45.1 Å². The van der Waals surface area contributed by atoms with Gasteiger partial charge in [0.05, 0.1) is 18.1 Å². The van der Waals surface area contributed by atoms with Gasteiger partial charge in [-0.2, -0.15) is 5.10 Å². The van der Waals surface area contributed by atoms with E-state index < -0.39 is 0 Å². The molecule has 1 saturated heterocycles. The maximum absolute atomic E-state index is 12.1. The number of carbonyl (C=O) groups is 1. The first-order valence-corrected chi connectivity index (χ1v) is 10.5. The number of aromatic nitrogens is 4. The van der Waals surface area contributed by atoms with Gasteiger partial charge in [-0.15, -0.1) is 0 Å². The molecule has 3 heterocycles. The lowest BCUT2D eigenvalue weighted by atomic mass is 10.1. The van der Waals surface area contributed by atoms with Gasteiger partial charge in [0.25, 0.3) is 0 Å². The van der Waals surface area contributed by atoms with Crippen molar-refractivity contribution in [2.24, 2.45) is 0 Å². The van der Waals surface area contributed by atoms with Crippen LogP contribution in [0.3, 0.4) is 0 Å². The second-order valence-electron chi connectivity index (χ2n) is 7.54. The summed E-state index contributed by atoms with van der Waals surface area (Å²) >= 11 is 0. The van der Waals surface area contributed by atoms with Crippen LogP contribution in [0.5, 0.6) is 0 Å². The molecule has 1 aromatic carbocycles. The lowest BCUT2D eigenvalue weighted by Gasteiger charge is -2.27. The van der Waals surface area contributed by atoms with Gasteiger partial charge < -0.3 is 10.2 Å². The standard InChI is InChI=1S/C22H28N6O/c29-20(11-7-10-18-8-3-1-4-9-18)23-12-15-28-22-19(16-26-28)21(24-17-25-22)27-13-5-2-6-14-27/h1,3-4,8-9,16-17H,2,5-7,10-15H2,(H,23,29). The zero-order chi connectivity index (χ0) is 19.9. The third kappa shape index (κ3) is 4.91. The Balaban J connectivity index is 1.28. The Bertz CT molecular complexity index is 933. The summed E-state index contributed by atoms with van der Waals surface area (Å²) in [7, 11) is 0. The van der Waals surface area contributed by atoms with Crippen molar-refractivity contribution in [3.8, 4) is 0 Å². The van der Waals surface area contributed by atoms with E-state index in [-0.39, 0.29) is 5.91 Å². The lowest BCUT2D eigenvalue weighted by molar-refractivity contribution is -0.121. The molecular weight excluding hydrogens is 364 g/mol. The molecule has 0 radical (unpaired) electrons. The second kappa shape index (κ2) is 9.49. The monoisotopic (exact) mass is 392 g/mol. The highest BCUT2D eigenvalue weighted by Crippen LogP contribution is 2.25. The third-order valence-electron chi connectivity index (χ3n) is 5.43. The third-order valence-corrected chi connectivity index (χ3v) is 5.43. The molecule has 1 fully saturated rings. The minimum atomic E-state index is 0.0843. The average molecular weight is 393 g/mol. The van der Waals surface area contributed by atoms with E-state index in [1.807, 2.05) is 29.1 Å². The summed E-state index contributed by atoms with van der Waals surface area (Å²) in [6.45, 7) is 3.22. The molecule has 4 rings (SSSR count). The van der Waals surface area contributed by atoms with Crippen LogP contribution < -0.4 is 10.2 Å². The summed E-state index contributed by atoms with van der Waals surface area (Å²) < 4.78 is 1.86. The Hall–Kier alpha value is -2.96. The predicted octanol–water partition coefficient (Wildman–Crippen LogP) is 2.96. The first-order chi connectivity index (χ1) is 14.3. The van der Waals surface area contributed by atoms with Gasteiger partial charge in [0.15, 0.2) is 5.65 Å². The smallest absolute Gasteiger partial charge is 0.220 e. The predicted molar refractivity (Wildman–Crippen MR) is 114 cm³/mol. The molecule has 1 aliphatic heterocycles. The Morgan fingerprint density at radius 1 is 1.07 bits per heavy atom. The number of aryl methyl sites for hydroxylation is 1. The molecule has 1 aliphatic rings. The molecule has 0 aliphatic carbocycles. The zero-order valence-corrected chi connectivity index (χ0v) is 16.8. The molecule has 0 bridgehead atoms.